The molecule has 2 aromatic carbocycles. The third-order valence-corrected chi connectivity index (χ3v) is 5.88. The van der Waals surface area contributed by atoms with Gasteiger partial charge in [-0.2, -0.15) is 0 Å². The van der Waals surface area contributed by atoms with Crippen LogP contribution in [0.2, 0.25) is 0 Å². The van der Waals surface area contributed by atoms with Crippen molar-refractivity contribution in [1.82, 2.24) is 10.2 Å². The number of thioether (sulfide) groups is 1. The van der Waals surface area contributed by atoms with Gasteiger partial charge >= 0.3 is 0 Å². The molecule has 1 N–H and O–H groups in total. The highest BCUT2D eigenvalue weighted by Gasteiger charge is 2.33. The van der Waals surface area contributed by atoms with Crippen molar-refractivity contribution in [3.63, 3.8) is 0 Å². The third-order valence-electron chi connectivity index (χ3n) is 4.63. The zero-order valence-electron chi connectivity index (χ0n) is 15.2. The maximum Gasteiger partial charge on any atom is 0.251 e. The second kappa shape index (κ2) is 8.35. The van der Waals surface area contributed by atoms with Crippen molar-refractivity contribution in [2.24, 2.45) is 0 Å². The summed E-state index contributed by atoms with van der Waals surface area (Å²) < 4.78 is 5.39. The summed E-state index contributed by atoms with van der Waals surface area (Å²) >= 11 is 1.59. The van der Waals surface area contributed by atoms with Crippen LogP contribution in [-0.2, 0) is 17.9 Å². The van der Waals surface area contributed by atoms with Gasteiger partial charge in [0.25, 0.3) is 5.91 Å². The maximum absolute atomic E-state index is 12.4. The van der Waals surface area contributed by atoms with E-state index in [9.17, 15) is 9.59 Å². The van der Waals surface area contributed by atoms with Crippen LogP contribution in [0.5, 0.6) is 0 Å². The van der Waals surface area contributed by atoms with Gasteiger partial charge in [0.05, 0.1) is 18.6 Å². The standard InChI is InChI=1S/C22H20N2O3S/c25-20-15-28-22(24(20)14-19-7-4-12-27-19)18-10-8-17(9-11-18)21(26)23-13-16-5-2-1-3-6-16/h1-12,22H,13-15H2,(H,23,26)/t22-/m0/s1. The molecule has 1 atom stereocenters. The molecule has 2 heterocycles. The van der Waals surface area contributed by atoms with Gasteiger partial charge in [-0.25, -0.2) is 0 Å². The van der Waals surface area contributed by atoms with Gasteiger partial charge in [-0.05, 0) is 35.4 Å². The lowest BCUT2D eigenvalue weighted by molar-refractivity contribution is -0.128. The van der Waals surface area contributed by atoms with E-state index in [2.05, 4.69) is 5.32 Å². The van der Waals surface area contributed by atoms with Crippen LogP contribution in [0.25, 0.3) is 0 Å². The lowest BCUT2D eigenvalue weighted by Crippen LogP contribution is -2.27. The van der Waals surface area contributed by atoms with E-state index in [0.29, 0.717) is 24.4 Å². The van der Waals surface area contributed by atoms with E-state index in [1.54, 1.807) is 18.0 Å². The Balaban J connectivity index is 1.42. The highest BCUT2D eigenvalue weighted by atomic mass is 32.2. The van der Waals surface area contributed by atoms with Gasteiger partial charge in [-0.15, -0.1) is 11.8 Å². The Bertz CT molecular complexity index is 940. The topological polar surface area (TPSA) is 62.6 Å². The first-order valence-electron chi connectivity index (χ1n) is 9.06. The van der Waals surface area contributed by atoms with Crippen LogP contribution in [0, 0.1) is 0 Å². The van der Waals surface area contributed by atoms with Crippen LogP contribution in [0.15, 0.2) is 77.4 Å². The predicted molar refractivity (Wildman–Crippen MR) is 109 cm³/mol. The van der Waals surface area contributed by atoms with Crippen molar-refractivity contribution in [1.29, 1.82) is 0 Å². The highest BCUT2D eigenvalue weighted by Crippen LogP contribution is 2.39. The first kappa shape index (κ1) is 18.4. The molecule has 142 valence electrons. The van der Waals surface area contributed by atoms with Crippen molar-refractivity contribution in [2.45, 2.75) is 18.5 Å². The number of amides is 2. The van der Waals surface area contributed by atoms with E-state index in [4.69, 9.17) is 4.42 Å². The summed E-state index contributed by atoms with van der Waals surface area (Å²) in [5.74, 6) is 1.19. The zero-order chi connectivity index (χ0) is 19.3. The monoisotopic (exact) mass is 392 g/mol. The molecular weight excluding hydrogens is 372 g/mol. The van der Waals surface area contributed by atoms with Crippen LogP contribution >= 0.6 is 11.8 Å². The van der Waals surface area contributed by atoms with E-state index in [0.717, 1.165) is 16.9 Å². The van der Waals surface area contributed by atoms with E-state index in [1.807, 2.05) is 71.6 Å². The van der Waals surface area contributed by atoms with Crippen molar-refractivity contribution >= 4 is 23.6 Å². The summed E-state index contributed by atoms with van der Waals surface area (Å²) in [6.45, 7) is 0.939. The summed E-state index contributed by atoms with van der Waals surface area (Å²) in [7, 11) is 0. The Hall–Kier alpha value is -2.99. The Kier molecular flexibility index (Phi) is 5.48. The fraction of sp³-hybridized carbons (Fsp3) is 0.182. The van der Waals surface area contributed by atoms with Gasteiger partial charge in [0.15, 0.2) is 0 Å². The Labute approximate surface area is 167 Å². The molecule has 1 saturated heterocycles. The van der Waals surface area contributed by atoms with E-state index >= 15 is 0 Å². The maximum atomic E-state index is 12.4. The number of hydrogen-bond acceptors (Lipinski definition) is 4. The highest BCUT2D eigenvalue weighted by molar-refractivity contribution is 8.00. The molecule has 4 rings (SSSR count). The van der Waals surface area contributed by atoms with Crippen LogP contribution in [-0.4, -0.2) is 22.5 Å². The first-order valence-corrected chi connectivity index (χ1v) is 10.1. The van der Waals surface area contributed by atoms with Gasteiger partial charge in [0.1, 0.15) is 11.1 Å². The number of benzene rings is 2. The Morgan fingerprint density at radius 1 is 1.07 bits per heavy atom. The molecule has 6 heteroatoms. The number of hydrogen-bond donors (Lipinski definition) is 1. The summed E-state index contributed by atoms with van der Waals surface area (Å²) in [6.07, 6.45) is 1.61. The molecular formula is C22H20N2O3S. The van der Waals surface area contributed by atoms with Crippen LogP contribution < -0.4 is 5.32 Å². The van der Waals surface area contributed by atoms with Gasteiger partial charge in [0, 0.05) is 12.1 Å². The van der Waals surface area contributed by atoms with Crippen LogP contribution in [0.1, 0.15) is 32.6 Å². The number of nitrogens with one attached hydrogen (secondary N) is 1. The fourth-order valence-electron chi connectivity index (χ4n) is 3.15. The summed E-state index contributed by atoms with van der Waals surface area (Å²) in [4.78, 5) is 26.5. The summed E-state index contributed by atoms with van der Waals surface area (Å²) in [6, 6.07) is 21.0. The van der Waals surface area contributed by atoms with Gasteiger partial charge in [-0.1, -0.05) is 42.5 Å². The summed E-state index contributed by atoms with van der Waals surface area (Å²) in [5.41, 5.74) is 2.66. The summed E-state index contributed by atoms with van der Waals surface area (Å²) in [5, 5.41) is 2.86. The third kappa shape index (κ3) is 4.12. The molecule has 0 saturated carbocycles. The molecule has 5 nitrogen and oxygen atoms in total. The van der Waals surface area contributed by atoms with E-state index in [-0.39, 0.29) is 17.2 Å². The number of nitrogens with zero attached hydrogens (tertiary/aromatic N) is 1. The molecule has 0 bridgehead atoms. The Morgan fingerprint density at radius 3 is 2.57 bits per heavy atom. The molecule has 0 radical (unpaired) electrons. The molecule has 28 heavy (non-hydrogen) atoms. The number of rotatable bonds is 6. The molecule has 0 spiro atoms. The van der Waals surface area contributed by atoms with Crippen molar-refractivity contribution < 1.29 is 14.0 Å². The largest absolute Gasteiger partial charge is 0.467 e. The van der Waals surface area contributed by atoms with Crippen molar-refractivity contribution in [3.8, 4) is 0 Å². The fourth-order valence-corrected chi connectivity index (χ4v) is 4.34. The smallest absolute Gasteiger partial charge is 0.251 e. The minimum atomic E-state index is -0.113. The second-order valence-electron chi connectivity index (χ2n) is 6.55. The van der Waals surface area contributed by atoms with E-state index < -0.39 is 0 Å². The second-order valence-corrected chi connectivity index (χ2v) is 7.62. The lowest BCUT2D eigenvalue weighted by Gasteiger charge is -2.23. The van der Waals surface area contributed by atoms with Gasteiger partial charge in [0.2, 0.25) is 5.91 Å². The predicted octanol–water partition coefficient (Wildman–Crippen LogP) is 3.98. The number of carbonyl (C=O) groups is 2. The molecule has 0 aliphatic carbocycles. The number of carbonyl (C=O) groups excluding carboxylic acids is 2. The normalized spacial score (nSPS) is 16.4. The van der Waals surface area contributed by atoms with Crippen molar-refractivity contribution in [3.05, 3.63) is 95.4 Å². The van der Waals surface area contributed by atoms with Gasteiger partial charge < -0.3 is 14.6 Å². The average Bonchev–Trinajstić information content (AvgIpc) is 3.38. The molecule has 3 aromatic rings. The average molecular weight is 392 g/mol. The minimum absolute atomic E-state index is 0.0703. The van der Waals surface area contributed by atoms with Crippen molar-refractivity contribution in [2.75, 3.05) is 5.75 Å². The Morgan fingerprint density at radius 2 is 1.86 bits per heavy atom. The van der Waals surface area contributed by atoms with E-state index in [1.165, 1.54) is 0 Å². The molecule has 1 fully saturated rings. The zero-order valence-corrected chi connectivity index (χ0v) is 16.0. The minimum Gasteiger partial charge on any atom is -0.467 e. The molecule has 2 amide bonds. The van der Waals surface area contributed by atoms with Crippen LogP contribution in [0.4, 0.5) is 0 Å². The SMILES string of the molecule is O=C(NCc1ccccc1)c1ccc([C@@H]2SCC(=O)N2Cc2ccco2)cc1. The molecule has 0 unspecified atom stereocenters. The lowest BCUT2D eigenvalue weighted by atomic mass is 10.1. The quantitative estimate of drug-likeness (QED) is 0.689. The molecule has 1 aromatic heterocycles. The molecule has 1 aliphatic heterocycles. The first-order chi connectivity index (χ1) is 13.7. The molecule has 1 aliphatic rings. The number of furan rings is 1. The van der Waals surface area contributed by atoms with Gasteiger partial charge in [-0.3, -0.25) is 9.59 Å². The van der Waals surface area contributed by atoms with Crippen LogP contribution in [0.3, 0.4) is 0 Å².